The lowest BCUT2D eigenvalue weighted by molar-refractivity contribution is -0.174. The molecule has 1 aromatic carbocycles. The molecule has 0 aliphatic rings. The first kappa shape index (κ1) is 14.9. The normalized spacial score (nSPS) is 13.2. The molecule has 1 rings (SSSR count). The van der Waals surface area contributed by atoms with Gasteiger partial charge in [-0.2, -0.15) is 8.78 Å². The third-order valence-corrected chi connectivity index (χ3v) is 2.74. The molecule has 1 aromatic rings. The molecule has 0 amide bonds. The van der Waals surface area contributed by atoms with Crippen LogP contribution in [0.3, 0.4) is 0 Å². The summed E-state index contributed by atoms with van der Waals surface area (Å²) in [5.41, 5.74) is 6.12. The molecule has 0 saturated heterocycles. The summed E-state index contributed by atoms with van der Waals surface area (Å²) in [6.07, 6.45) is 0. The summed E-state index contributed by atoms with van der Waals surface area (Å²) in [6.45, 7) is 2.93. The van der Waals surface area contributed by atoms with E-state index in [0.717, 1.165) is 0 Å². The second-order valence-electron chi connectivity index (χ2n) is 3.82. The van der Waals surface area contributed by atoms with E-state index >= 15 is 0 Å². The van der Waals surface area contributed by atoms with Crippen LogP contribution in [0.15, 0.2) is 18.2 Å². The van der Waals surface area contributed by atoms with Gasteiger partial charge >= 0.3 is 11.9 Å². The number of rotatable bonds is 4. The molecule has 0 spiro atoms. The standard InChI is InChI=1S/C12H14ClF2NO2/c1-3-18-11(17)12(14,15)10(16)9-5-4-8(13)6-7(9)2/h4-6,10H,3,16H2,1-2H3/t10-/m1/s1. The van der Waals surface area contributed by atoms with Gasteiger partial charge in [-0.25, -0.2) is 4.79 Å². The van der Waals surface area contributed by atoms with Crippen molar-refractivity contribution in [1.29, 1.82) is 0 Å². The van der Waals surface area contributed by atoms with Gasteiger partial charge in [0.25, 0.3) is 0 Å². The number of hydrogen-bond acceptors (Lipinski definition) is 3. The van der Waals surface area contributed by atoms with Crippen molar-refractivity contribution in [2.24, 2.45) is 5.73 Å². The predicted octanol–water partition coefficient (Wildman–Crippen LogP) is 2.85. The molecule has 0 aromatic heterocycles. The van der Waals surface area contributed by atoms with Crippen molar-refractivity contribution in [2.45, 2.75) is 25.8 Å². The fourth-order valence-electron chi connectivity index (χ4n) is 1.54. The molecule has 3 nitrogen and oxygen atoms in total. The Labute approximate surface area is 109 Å². The van der Waals surface area contributed by atoms with E-state index < -0.39 is 17.9 Å². The van der Waals surface area contributed by atoms with Gasteiger partial charge in [-0.05, 0) is 37.1 Å². The van der Waals surface area contributed by atoms with Gasteiger partial charge in [0.1, 0.15) is 6.04 Å². The highest BCUT2D eigenvalue weighted by Crippen LogP contribution is 2.33. The zero-order valence-corrected chi connectivity index (χ0v) is 10.8. The highest BCUT2D eigenvalue weighted by molar-refractivity contribution is 6.30. The molecule has 0 fully saturated rings. The van der Waals surface area contributed by atoms with E-state index in [2.05, 4.69) is 4.74 Å². The average molecular weight is 278 g/mol. The number of esters is 1. The minimum atomic E-state index is -3.77. The summed E-state index contributed by atoms with van der Waals surface area (Å²) < 4.78 is 31.8. The summed E-state index contributed by atoms with van der Waals surface area (Å²) >= 11 is 5.73. The number of hydrogen-bond donors (Lipinski definition) is 1. The Morgan fingerprint density at radius 1 is 1.56 bits per heavy atom. The van der Waals surface area contributed by atoms with Gasteiger partial charge in [-0.1, -0.05) is 17.7 Å². The molecule has 18 heavy (non-hydrogen) atoms. The van der Waals surface area contributed by atoms with Gasteiger partial charge < -0.3 is 10.5 Å². The molecule has 0 aliphatic carbocycles. The molecule has 0 heterocycles. The number of ether oxygens (including phenoxy) is 1. The Morgan fingerprint density at radius 2 is 2.17 bits per heavy atom. The van der Waals surface area contributed by atoms with E-state index in [0.29, 0.717) is 10.6 Å². The molecule has 6 heteroatoms. The van der Waals surface area contributed by atoms with E-state index in [9.17, 15) is 13.6 Å². The summed E-state index contributed by atoms with van der Waals surface area (Å²) in [5.74, 6) is -5.39. The summed E-state index contributed by atoms with van der Waals surface area (Å²) in [6, 6.07) is 2.59. The minimum Gasteiger partial charge on any atom is -0.462 e. The lowest BCUT2D eigenvalue weighted by Crippen LogP contribution is -2.42. The molecular formula is C12H14ClF2NO2. The van der Waals surface area contributed by atoms with Crippen LogP contribution in [0.5, 0.6) is 0 Å². The van der Waals surface area contributed by atoms with Crippen molar-refractivity contribution < 1.29 is 18.3 Å². The van der Waals surface area contributed by atoms with Gasteiger partial charge in [0.2, 0.25) is 0 Å². The Balaban J connectivity index is 3.05. The maximum Gasteiger partial charge on any atom is 0.379 e. The van der Waals surface area contributed by atoms with Crippen LogP contribution in [-0.2, 0) is 9.53 Å². The second kappa shape index (κ2) is 5.63. The van der Waals surface area contributed by atoms with Crippen LogP contribution in [-0.4, -0.2) is 18.5 Å². The molecule has 0 aliphatic heterocycles. The van der Waals surface area contributed by atoms with E-state index in [1.165, 1.54) is 25.1 Å². The van der Waals surface area contributed by atoms with E-state index in [4.69, 9.17) is 17.3 Å². The topological polar surface area (TPSA) is 52.3 Å². The number of carbonyl (C=O) groups is 1. The van der Waals surface area contributed by atoms with Gasteiger partial charge in [-0.15, -0.1) is 0 Å². The summed E-state index contributed by atoms with van der Waals surface area (Å²) in [5, 5.41) is 0.419. The Morgan fingerprint density at radius 3 is 2.67 bits per heavy atom. The smallest absolute Gasteiger partial charge is 0.379 e. The second-order valence-corrected chi connectivity index (χ2v) is 4.26. The van der Waals surface area contributed by atoms with Crippen LogP contribution in [0.25, 0.3) is 0 Å². The third kappa shape index (κ3) is 2.97. The fraction of sp³-hybridized carbons (Fsp3) is 0.417. The molecule has 0 unspecified atom stereocenters. The highest BCUT2D eigenvalue weighted by Gasteiger charge is 2.48. The van der Waals surface area contributed by atoms with Gasteiger partial charge in [0.15, 0.2) is 0 Å². The summed E-state index contributed by atoms with van der Waals surface area (Å²) in [4.78, 5) is 11.2. The summed E-state index contributed by atoms with van der Waals surface area (Å²) in [7, 11) is 0. The van der Waals surface area contributed by atoms with Crippen LogP contribution in [0.2, 0.25) is 5.02 Å². The first-order chi connectivity index (χ1) is 8.30. The van der Waals surface area contributed by atoms with Crippen LogP contribution >= 0.6 is 11.6 Å². The van der Waals surface area contributed by atoms with Gasteiger partial charge in [0.05, 0.1) is 6.61 Å². The van der Waals surface area contributed by atoms with Crippen LogP contribution in [0.1, 0.15) is 24.1 Å². The lowest BCUT2D eigenvalue weighted by atomic mass is 9.97. The quantitative estimate of drug-likeness (QED) is 0.861. The maximum atomic E-state index is 13.7. The Hall–Kier alpha value is -1.20. The average Bonchev–Trinajstić information content (AvgIpc) is 2.28. The minimum absolute atomic E-state index is 0.124. The zero-order chi connectivity index (χ0) is 13.9. The largest absolute Gasteiger partial charge is 0.462 e. The van der Waals surface area contributed by atoms with Crippen LogP contribution in [0, 0.1) is 6.92 Å². The first-order valence-electron chi connectivity index (χ1n) is 5.37. The lowest BCUT2D eigenvalue weighted by Gasteiger charge is -2.23. The molecule has 1 atom stereocenters. The zero-order valence-electron chi connectivity index (χ0n) is 10.0. The van der Waals surface area contributed by atoms with Crippen molar-refractivity contribution in [2.75, 3.05) is 6.61 Å². The van der Waals surface area contributed by atoms with Crippen molar-refractivity contribution >= 4 is 17.6 Å². The van der Waals surface area contributed by atoms with Crippen molar-refractivity contribution in [1.82, 2.24) is 0 Å². The number of halogens is 3. The third-order valence-electron chi connectivity index (χ3n) is 2.51. The maximum absolute atomic E-state index is 13.7. The van der Waals surface area contributed by atoms with E-state index in [-0.39, 0.29) is 12.2 Å². The van der Waals surface area contributed by atoms with Crippen molar-refractivity contribution in [3.05, 3.63) is 34.3 Å². The van der Waals surface area contributed by atoms with E-state index in [1.54, 1.807) is 6.92 Å². The monoisotopic (exact) mass is 277 g/mol. The van der Waals surface area contributed by atoms with Crippen molar-refractivity contribution in [3.8, 4) is 0 Å². The molecule has 0 radical (unpaired) electrons. The van der Waals surface area contributed by atoms with Crippen LogP contribution < -0.4 is 5.73 Å². The Bertz CT molecular complexity index is 452. The number of benzene rings is 1. The molecular weight excluding hydrogens is 264 g/mol. The Kier molecular flexibility index (Phi) is 4.65. The predicted molar refractivity (Wildman–Crippen MR) is 64.7 cm³/mol. The van der Waals surface area contributed by atoms with Gasteiger partial charge in [-0.3, -0.25) is 0 Å². The van der Waals surface area contributed by atoms with E-state index in [1.807, 2.05) is 0 Å². The van der Waals surface area contributed by atoms with Crippen molar-refractivity contribution in [3.63, 3.8) is 0 Å². The highest BCUT2D eigenvalue weighted by atomic mass is 35.5. The molecule has 0 saturated carbocycles. The molecule has 100 valence electrons. The number of aryl methyl sites for hydroxylation is 1. The van der Waals surface area contributed by atoms with Gasteiger partial charge in [0, 0.05) is 5.02 Å². The number of alkyl halides is 2. The fourth-order valence-corrected chi connectivity index (χ4v) is 1.76. The SMILES string of the molecule is CCOC(=O)C(F)(F)[C@H](N)c1ccc(Cl)cc1C. The molecule has 0 bridgehead atoms. The first-order valence-corrected chi connectivity index (χ1v) is 5.75. The number of carbonyl (C=O) groups excluding carboxylic acids is 1. The number of nitrogens with two attached hydrogens (primary N) is 1. The van der Waals surface area contributed by atoms with Crippen LogP contribution in [0.4, 0.5) is 8.78 Å². The molecule has 2 N–H and O–H groups in total.